The number of carbonyl (C=O) groups excluding carboxylic acids is 2. The van der Waals surface area contributed by atoms with Crippen LogP contribution in [0, 0.1) is 0 Å². The van der Waals surface area contributed by atoms with Crippen LogP contribution >= 0.6 is 11.3 Å². The van der Waals surface area contributed by atoms with Crippen molar-refractivity contribution in [2.75, 3.05) is 24.6 Å². The van der Waals surface area contributed by atoms with Crippen LogP contribution in [0.5, 0.6) is 0 Å². The molecule has 2 aromatic carbocycles. The second-order valence-corrected chi connectivity index (χ2v) is 10.0. The van der Waals surface area contributed by atoms with E-state index in [-0.39, 0.29) is 11.8 Å². The third-order valence-electron chi connectivity index (χ3n) is 6.21. The molecule has 0 radical (unpaired) electrons. The quantitative estimate of drug-likeness (QED) is 0.304. The largest absolute Gasteiger partial charge is 0.384 e. The lowest BCUT2D eigenvalue weighted by Gasteiger charge is -2.25. The number of benzene rings is 2. The van der Waals surface area contributed by atoms with E-state index in [0.717, 1.165) is 41.2 Å². The van der Waals surface area contributed by atoms with E-state index in [1.54, 1.807) is 24.4 Å². The molecule has 7 nitrogen and oxygen atoms in total. The molecule has 0 saturated heterocycles. The Morgan fingerprint density at radius 2 is 1.84 bits per heavy atom. The minimum Gasteiger partial charge on any atom is -0.384 e. The average Bonchev–Trinajstić information content (AvgIpc) is 3.44. The molecule has 2 amide bonds. The zero-order chi connectivity index (χ0) is 27.1. The number of thiophene rings is 1. The molecule has 38 heavy (non-hydrogen) atoms. The molecule has 5 rings (SSSR count). The van der Waals surface area contributed by atoms with Gasteiger partial charge in [-0.1, -0.05) is 32.0 Å². The summed E-state index contributed by atoms with van der Waals surface area (Å²) in [6, 6.07) is 20.7. The SMILES string of the molecule is CC.CN1CCc2ccc(NC(=O)c3cccc(CNC(=O)c4ccc(-c5ccc(N)nc5)s4)c3)cc2C1. The van der Waals surface area contributed by atoms with Crippen molar-refractivity contribution < 1.29 is 9.59 Å². The number of nitrogens with two attached hydrogens (primary N) is 1. The highest BCUT2D eigenvalue weighted by Gasteiger charge is 2.15. The van der Waals surface area contributed by atoms with Crippen LogP contribution in [0.1, 0.15) is 50.6 Å². The van der Waals surface area contributed by atoms with E-state index in [1.165, 1.54) is 22.5 Å². The number of likely N-dealkylation sites (N-methyl/N-ethyl adjacent to an activating group) is 1. The summed E-state index contributed by atoms with van der Waals surface area (Å²) < 4.78 is 0. The lowest BCUT2D eigenvalue weighted by atomic mass is 9.99. The Morgan fingerprint density at radius 3 is 2.63 bits per heavy atom. The van der Waals surface area contributed by atoms with Crippen LogP contribution in [0.3, 0.4) is 0 Å². The van der Waals surface area contributed by atoms with Gasteiger partial charge in [0.15, 0.2) is 0 Å². The predicted molar refractivity (Wildman–Crippen MR) is 155 cm³/mol. The summed E-state index contributed by atoms with van der Waals surface area (Å²) in [4.78, 5) is 33.5. The van der Waals surface area contributed by atoms with E-state index >= 15 is 0 Å². The summed E-state index contributed by atoms with van der Waals surface area (Å²) in [5.74, 6) is 0.121. The molecule has 3 heterocycles. The Hall–Kier alpha value is -4.01. The molecule has 0 atom stereocenters. The lowest BCUT2D eigenvalue weighted by Crippen LogP contribution is -2.26. The molecule has 0 spiro atoms. The molecule has 4 N–H and O–H groups in total. The van der Waals surface area contributed by atoms with Gasteiger partial charge in [-0.25, -0.2) is 4.98 Å². The standard InChI is InChI=1S/C28H27N5O2S.C2H6/c1-33-12-11-19-5-7-23(14-22(19)17-33)32-27(34)20-4-2-3-18(13-20)15-31-28(35)25-9-8-24(36-25)21-6-10-26(29)30-16-21;1-2/h2-10,13-14,16H,11-12,15,17H2,1H3,(H2,29,30)(H,31,35)(H,32,34);1-2H3. The van der Waals surface area contributed by atoms with Gasteiger partial charge in [0, 0.05) is 47.5 Å². The Balaban J connectivity index is 0.00000164. The van der Waals surface area contributed by atoms with Crippen LogP contribution in [0.25, 0.3) is 10.4 Å². The first-order chi connectivity index (χ1) is 18.4. The number of hydrogen-bond donors (Lipinski definition) is 3. The van der Waals surface area contributed by atoms with Crippen LogP contribution in [-0.2, 0) is 19.5 Å². The second-order valence-electron chi connectivity index (χ2n) is 8.94. The number of nitrogens with one attached hydrogen (secondary N) is 2. The van der Waals surface area contributed by atoms with E-state index in [1.807, 2.05) is 50.2 Å². The maximum Gasteiger partial charge on any atom is 0.261 e. The van der Waals surface area contributed by atoms with Crippen molar-refractivity contribution >= 4 is 34.7 Å². The van der Waals surface area contributed by atoms with E-state index in [0.29, 0.717) is 22.8 Å². The molecule has 0 bridgehead atoms. The van der Waals surface area contributed by atoms with Crippen molar-refractivity contribution in [3.63, 3.8) is 0 Å². The zero-order valence-corrected chi connectivity index (χ0v) is 22.8. The monoisotopic (exact) mass is 527 g/mol. The third kappa shape index (κ3) is 6.65. The average molecular weight is 528 g/mol. The highest BCUT2D eigenvalue weighted by molar-refractivity contribution is 7.17. The Labute approximate surface area is 227 Å². The van der Waals surface area contributed by atoms with Gasteiger partial charge in [0.2, 0.25) is 0 Å². The molecular formula is C30H33N5O2S. The molecule has 0 fully saturated rings. The fourth-order valence-electron chi connectivity index (χ4n) is 4.24. The van der Waals surface area contributed by atoms with Gasteiger partial charge in [0.1, 0.15) is 5.82 Å². The summed E-state index contributed by atoms with van der Waals surface area (Å²) in [5, 5.41) is 5.95. The Morgan fingerprint density at radius 1 is 1.00 bits per heavy atom. The molecule has 1 aliphatic heterocycles. The molecule has 8 heteroatoms. The highest BCUT2D eigenvalue weighted by atomic mass is 32.1. The minimum absolute atomic E-state index is 0.163. The highest BCUT2D eigenvalue weighted by Crippen LogP contribution is 2.28. The molecule has 0 unspecified atom stereocenters. The van der Waals surface area contributed by atoms with Gasteiger partial charge >= 0.3 is 0 Å². The summed E-state index contributed by atoms with van der Waals surface area (Å²) in [5.41, 5.74) is 11.3. The van der Waals surface area contributed by atoms with Crippen molar-refractivity contribution in [2.24, 2.45) is 0 Å². The first-order valence-corrected chi connectivity index (χ1v) is 13.6. The van der Waals surface area contributed by atoms with Crippen molar-refractivity contribution in [1.29, 1.82) is 0 Å². The van der Waals surface area contributed by atoms with Crippen LogP contribution in [0.4, 0.5) is 11.5 Å². The van der Waals surface area contributed by atoms with Gasteiger partial charge in [-0.2, -0.15) is 0 Å². The number of anilines is 2. The third-order valence-corrected chi connectivity index (χ3v) is 7.34. The first-order valence-electron chi connectivity index (χ1n) is 12.8. The molecule has 2 aromatic heterocycles. The number of fused-ring (bicyclic) bond motifs is 1. The Bertz CT molecular complexity index is 1410. The number of nitrogens with zero attached hydrogens (tertiary/aromatic N) is 2. The van der Waals surface area contributed by atoms with E-state index < -0.39 is 0 Å². The van der Waals surface area contributed by atoms with Crippen molar-refractivity contribution in [2.45, 2.75) is 33.4 Å². The van der Waals surface area contributed by atoms with Crippen LogP contribution < -0.4 is 16.4 Å². The molecule has 196 valence electrons. The van der Waals surface area contributed by atoms with E-state index in [9.17, 15) is 9.59 Å². The van der Waals surface area contributed by atoms with Gasteiger partial charge in [-0.05, 0) is 78.7 Å². The number of rotatable bonds is 6. The van der Waals surface area contributed by atoms with Gasteiger partial charge in [-0.3, -0.25) is 9.59 Å². The van der Waals surface area contributed by atoms with Crippen molar-refractivity contribution in [1.82, 2.24) is 15.2 Å². The number of carbonyl (C=O) groups is 2. The predicted octanol–water partition coefficient (Wildman–Crippen LogP) is 5.59. The summed E-state index contributed by atoms with van der Waals surface area (Å²) in [6.07, 6.45) is 2.72. The summed E-state index contributed by atoms with van der Waals surface area (Å²) >= 11 is 1.39. The van der Waals surface area contributed by atoms with Crippen molar-refractivity contribution in [3.8, 4) is 10.4 Å². The van der Waals surface area contributed by atoms with Crippen molar-refractivity contribution in [3.05, 3.63) is 100 Å². The van der Waals surface area contributed by atoms with E-state index in [4.69, 9.17) is 5.73 Å². The number of amides is 2. The van der Waals surface area contributed by atoms with Crippen LogP contribution in [-0.4, -0.2) is 35.3 Å². The molecule has 0 saturated carbocycles. The maximum absolute atomic E-state index is 12.9. The van der Waals surface area contributed by atoms with Gasteiger partial charge < -0.3 is 21.3 Å². The maximum atomic E-state index is 12.9. The molecule has 0 aliphatic carbocycles. The number of pyridine rings is 1. The minimum atomic E-state index is -0.174. The summed E-state index contributed by atoms with van der Waals surface area (Å²) in [6.45, 7) is 6.26. The second kappa shape index (κ2) is 12.5. The van der Waals surface area contributed by atoms with Crippen LogP contribution in [0.15, 0.2) is 72.9 Å². The first kappa shape index (κ1) is 27.0. The summed E-state index contributed by atoms with van der Waals surface area (Å²) in [7, 11) is 2.10. The zero-order valence-electron chi connectivity index (χ0n) is 22.0. The lowest BCUT2D eigenvalue weighted by molar-refractivity contribution is 0.0954. The fraction of sp³-hybridized carbons (Fsp3) is 0.233. The molecular weight excluding hydrogens is 494 g/mol. The topological polar surface area (TPSA) is 100 Å². The van der Waals surface area contributed by atoms with Gasteiger partial charge in [-0.15, -0.1) is 11.3 Å². The number of aromatic nitrogens is 1. The van der Waals surface area contributed by atoms with Gasteiger partial charge in [0.25, 0.3) is 11.8 Å². The number of hydrogen-bond acceptors (Lipinski definition) is 6. The molecule has 4 aromatic rings. The molecule has 1 aliphatic rings. The number of nitrogen functional groups attached to an aromatic ring is 1. The smallest absolute Gasteiger partial charge is 0.261 e. The normalized spacial score (nSPS) is 12.6. The van der Waals surface area contributed by atoms with E-state index in [2.05, 4.69) is 39.7 Å². The van der Waals surface area contributed by atoms with Crippen LogP contribution in [0.2, 0.25) is 0 Å². The Kier molecular flexibility index (Phi) is 8.89. The van der Waals surface area contributed by atoms with Gasteiger partial charge in [0.05, 0.1) is 4.88 Å². The fourth-order valence-corrected chi connectivity index (χ4v) is 5.15.